The molecule has 0 aliphatic heterocycles. The normalized spacial score (nSPS) is 28.3. The third kappa shape index (κ3) is 4.53. The van der Waals surface area contributed by atoms with E-state index in [1.54, 1.807) is 11.7 Å². The summed E-state index contributed by atoms with van der Waals surface area (Å²) in [5.74, 6) is -4.80. The van der Waals surface area contributed by atoms with Gasteiger partial charge in [0.1, 0.15) is 11.9 Å². The highest BCUT2D eigenvalue weighted by molar-refractivity contribution is 5.85. The van der Waals surface area contributed by atoms with Crippen molar-refractivity contribution in [1.29, 1.82) is 0 Å². The molecule has 0 spiro atoms. The molecule has 29 heavy (non-hydrogen) atoms. The van der Waals surface area contributed by atoms with Gasteiger partial charge in [-0.2, -0.15) is 5.10 Å². The van der Waals surface area contributed by atoms with Gasteiger partial charge in [-0.3, -0.25) is 10.00 Å². The zero-order valence-electron chi connectivity index (χ0n) is 16.5. The van der Waals surface area contributed by atoms with E-state index in [2.05, 4.69) is 10.4 Å². The fourth-order valence-electron chi connectivity index (χ4n) is 4.80. The summed E-state index contributed by atoms with van der Waals surface area (Å²) < 4.78 is 60.6. The number of nitrogens with zero attached hydrogens (tertiary/aromatic N) is 2. The van der Waals surface area contributed by atoms with E-state index >= 15 is 0 Å². The lowest BCUT2D eigenvalue weighted by Gasteiger charge is -2.27. The molecule has 9 heteroatoms. The van der Waals surface area contributed by atoms with E-state index < -0.39 is 30.5 Å². The summed E-state index contributed by atoms with van der Waals surface area (Å²) in [5.41, 5.74) is 1.64. The van der Waals surface area contributed by atoms with Crippen LogP contribution in [0.3, 0.4) is 0 Å². The number of halogens is 4. The predicted octanol–water partition coefficient (Wildman–Crippen LogP) is 5.40. The van der Waals surface area contributed by atoms with Crippen molar-refractivity contribution in [3.8, 4) is 0 Å². The Kier molecular flexibility index (Phi) is 5.27. The number of nitrogens with one attached hydrogen (secondary N) is 1. The molecule has 162 valence electrons. The summed E-state index contributed by atoms with van der Waals surface area (Å²) in [6, 6.07) is 0. The summed E-state index contributed by atoms with van der Waals surface area (Å²) in [5, 5.41) is 7.20. The van der Waals surface area contributed by atoms with Crippen molar-refractivity contribution in [2.75, 3.05) is 5.32 Å². The zero-order valence-corrected chi connectivity index (χ0v) is 16.5. The van der Waals surface area contributed by atoms with Gasteiger partial charge < -0.3 is 4.74 Å². The standard InChI is InChI=1S/C20H27F4N3O2/c1-27-17(25-18(28)29-14-6-8-20(23,24)11-14)16(13-3-2-4-13)15(26-27)9-12-5-7-19(21,22)10-12/h12-14H,2-11H2,1H3,(H,25,28). The first-order chi connectivity index (χ1) is 13.6. The number of carbonyl (C=O) groups excluding carboxylic acids is 1. The number of anilines is 1. The van der Waals surface area contributed by atoms with Crippen LogP contribution in [0.5, 0.6) is 0 Å². The van der Waals surface area contributed by atoms with Gasteiger partial charge in [0.25, 0.3) is 5.92 Å². The van der Waals surface area contributed by atoms with Crippen molar-refractivity contribution in [3.05, 3.63) is 11.3 Å². The first-order valence-electron chi connectivity index (χ1n) is 10.4. The van der Waals surface area contributed by atoms with E-state index in [-0.39, 0.29) is 37.5 Å². The summed E-state index contributed by atoms with van der Waals surface area (Å²) >= 11 is 0. The molecule has 3 aliphatic carbocycles. The minimum atomic E-state index is -2.79. The van der Waals surface area contributed by atoms with E-state index in [4.69, 9.17) is 4.74 Å². The molecule has 0 saturated heterocycles. The summed E-state index contributed by atoms with van der Waals surface area (Å²) in [4.78, 5) is 12.3. The van der Waals surface area contributed by atoms with Crippen molar-refractivity contribution < 1.29 is 27.1 Å². The average Bonchev–Trinajstić information content (AvgIpc) is 3.17. The SMILES string of the molecule is Cn1nc(CC2CCC(F)(F)C2)c(C2CCC2)c1NC(=O)OC1CCC(F)(F)C1. The second kappa shape index (κ2) is 7.47. The third-order valence-corrected chi connectivity index (χ3v) is 6.51. The van der Waals surface area contributed by atoms with Crippen LogP contribution in [0.1, 0.15) is 75.0 Å². The minimum Gasteiger partial charge on any atom is -0.446 e. The van der Waals surface area contributed by atoms with Crippen LogP contribution in [0.25, 0.3) is 0 Å². The number of carbonyl (C=O) groups is 1. The van der Waals surface area contributed by atoms with Gasteiger partial charge in [-0.25, -0.2) is 22.4 Å². The Morgan fingerprint density at radius 3 is 2.38 bits per heavy atom. The van der Waals surface area contributed by atoms with Gasteiger partial charge in [-0.1, -0.05) is 6.42 Å². The number of rotatable bonds is 5. The molecular weight excluding hydrogens is 390 g/mol. The lowest BCUT2D eigenvalue weighted by molar-refractivity contribution is -0.00509. The van der Waals surface area contributed by atoms with Crippen LogP contribution in [-0.2, 0) is 18.2 Å². The van der Waals surface area contributed by atoms with E-state index in [9.17, 15) is 22.4 Å². The van der Waals surface area contributed by atoms with Crippen LogP contribution >= 0.6 is 0 Å². The maximum Gasteiger partial charge on any atom is 0.413 e. The number of hydrogen-bond donors (Lipinski definition) is 1. The van der Waals surface area contributed by atoms with E-state index in [0.717, 1.165) is 30.5 Å². The number of aromatic nitrogens is 2. The molecule has 2 atom stereocenters. The van der Waals surface area contributed by atoms with E-state index in [1.165, 1.54) is 0 Å². The summed E-state index contributed by atoms with van der Waals surface area (Å²) in [6.45, 7) is 0. The Bertz CT molecular complexity index is 776. The second-order valence-corrected chi connectivity index (χ2v) is 8.88. The van der Waals surface area contributed by atoms with Crippen molar-refractivity contribution >= 4 is 11.9 Å². The topological polar surface area (TPSA) is 56.2 Å². The molecule has 1 amide bonds. The molecule has 3 fully saturated rings. The molecule has 0 aromatic carbocycles. The van der Waals surface area contributed by atoms with Gasteiger partial charge in [0.05, 0.1) is 5.69 Å². The number of amides is 1. The Morgan fingerprint density at radius 1 is 1.14 bits per heavy atom. The maximum absolute atomic E-state index is 13.6. The van der Waals surface area contributed by atoms with Gasteiger partial charge >= 0.3 is 6.09 Å². The van der Waals surface area contributed by atoms with Gasteiger partial charge in [0.2, 0.25) is 5.92 Å². The molecule has 3 saturated carbocycles. The molecule has 4 rings (SSSR count). The van der Waals surface area contributed by atoms with Crippen molar-refractivity contribution in [1.82, 2.24) is 9.78 Å². The summed E-state index contributed by atoms with van der Waals surface area (Å²) in [7, 11) is 1.69. The number of aryl methyl sites for hydroxylation is 1. The second-order valence-electron chi connectivity index (χ2n) is 8.88. The molecule has 5 nitrogen and oxygen atoms in total. The van der Waals surface area contributed by atoms with Crippen LogP contribution in [-0.4, -0.2) is 33.8 Å². The van der Waals surface area contributed by atoms with Gasteiger partial charge in [-0.05, 0) is 43.9 Å². The van der Waals surface area contributed by atoms with E-state index in [1.807, 2.05) is 0 Å². The number of alkyl halides is 4. The molecule has 0 radical (unpaired) electrons. The minimum absolute atomic E-state index is 0.0906. The quantitative estimate of drug-likeness (QED) is 0.653. The lowest BCUT2D eigenvalue weighted by Crippen LogP contribution is -2.24. The highest BCUT2D eigenvalue weighted by atomic mass is 19.3. The van der Waals surface area contributed by atoms with Crippen molar-refractivity contribution in [3.63, 3.8) is 0 Å². The highest BCUT2D eigenvalue weighted by Gasteiger charge is 2.42. The van der Waals surface area contributed by atoms with Gasteiger partial charge in [0, 0.05) is 38.3 Å². The van der Waals surface area contributed by atoms with Crippen LogP contribution in [0, 0.1) is 5.92 Å². The van der Waals surface area contributed by atoms with Gasteiger partial charge in [-0.15, -0.1) is 0 Å². The third-order valence-electron chi connectivity index (χ3n) is 6.51. The van der Waals surface area contributed by atoms with Crippen LogP contribution in [0.15, 0.2) is 0 Å². The largest absolute Gasteiger partial charge is 0.446 e. The Hall–Kier alpha value is -1.80. The smallest absolute Gasteiger partial charge is 0.413 e. The van der Waals surface area contributed by atoms with Crippen molar-refractivity contribution in [2.24, 2.45) is 13.0 Å². The highest BCUT2D eigenvalue weighted by Crippen LogP contribution is 2.45. The number of hydrogen-bond acceptors (Lipinski definition) is 3. The fourth-order valence-corrected chi connectivity index (χ4v) is 4.80. The first-order valence-corrected chi connectivity index (χ1v) is 10.4. The molecule has 1 N–H and O–H groups in total. The Morgan fingerprint density at radius 2 is 1.83 bits per heavy atom. The van der Waals surface area contributed by atoms with Crippen LogP contribution in [0.2, 0.25) is 0 Å². The molecular formula is C20H27F4N3O2. The van der Waals surface area contributed by atoms with Crippen LogP contribution in [0.4, 0.5) is 28.2 Å². The monoisotopic (exact) mass is 417 g/mol. The molecule has 0 bridgehead atoms. The first kappa shape index (κ1) is 20.5. The predicted molar refractivity (Wildman–Crippen MR) is 98.5 cm³/mol. The fraction of sp³-hybridized carbons (Fsp3) is 0.800. The molecule has 1 heterocycles. The Labute approximate surface area is 167 Å². The van der Waals surface area contributed by atoms with Crippen LogP contribution < -0.4 is 5.32 Å². The molecule has 1 aromatic heterocycles. The lowest BCUT2D eigenvalue weighted by atomic mass is 9.78. The average molecular weight is 417 g/mol. The zero-order chi connectivity index (χ0) is 20.8. The number of ether oxygens (including phenoxy) is 1. The molecule has 1 aromatic rings. The Balaban J connectivity index is 1.47. The maximum atomic E-state index is 13.6. The molecule has 3 aliphatic rings. The van der Waals surface area contributed by atoms with Crippen molar-refractivity contribution in [2.45, 2.75) is 88.1 Å². The van der Waals surface area contributed by atoms with E-state index in [0.29, 0.717) is 18.7 Å². The summed E-state index contributed by atoms with van der Waals surface area (Å²) in [6.07, 6.45) is 1.53. The molecule has 2 unspecified atom stereocenters. The van der Waals surface area contributed by atoms with Gasteiger partial charge in [0.15, 0.2) is 0 Å².